The Kier molecular flexibility index (Phi) is 5.75. The summed E-state index contributed by atoms with van der Waals surface area (Å²) in [5.74, 6) is 1.68. The van der Waals surface area contributed by atoms with E-state index in [1.807, 2.05) is 31.2 Å². The van der Waals surface area contributed by atoms with Crippen LogP contribution in [0.15, 0.2) is 24.3 Å². The first-order chi connectivity index (χ1) is 8.13. The molecule has 0 aliphatic carbocycles. The predicted molar refractivity (Wildman–Crippen MR) is 70.6 cm³/mol. The summed E-state index contributed by atoms with van der Waals surface area (Å²) >= 11 is 0. The van der Waals surface area contributed by atoms with E-state index in [2.05, 4.69) is 13.8 Å². The van der Waals surface area contributed by atoms with Gasteiger partial charge in [0.05, 0.1) is 6.61 Å². The highest BCUT2D eigenvalue weighted by atomic mass is 16.5. The first-order valence-electron chi connectivity index (χ1n) is 6.39. The Hall–Kier alpha value is -1.31. The molecule has 94 valence electrons. The molecule has 0 aliphatic heterocycles. The zero-order valence-corrected chi connectivity index (χ0v) is 11.0. The fourth-order valence-electron chi connectivity index (χ4n) is 1.65. The van der Waals surface area contributed by atoms with Gasteiger partial charge >= 0.3 is 0 Å². The standard InChI is InChI=1S/C15H22O2/c1-4-15(16)13-8-5-9-14(11-13)17-10-6-7-12(2)3/h5,8-9,11-12H,4,6-7,10H2,1-3H3. The second-order valence-corrected chi connectivity index (χ2v) is 4.69. The van der Waals surface area contributed by atoms with Crippen molar-refractivity contribution in [2.45, 2.75) is 40.0 Å². The number of rotatable bonds is 7. The van der Waals surface area contributed by atoms with E-state index in [1.165, 1.54) is 6.42 Å². The summed E-state index contributed by atoms with van der Waals surface area (Å²) < 4.78 is 5.64. The molecule has 2 heteroatoms. The van der Waals surface area contributed by atoms with Crippen LogP contribution in [0.25, 0.3) is 0 Å². The van der Waals surface area contributed by atoms with Crippen LogP contribution in [-0.4, -0.2) is 12.4 Å². The zero-order valence-electron chi connectivity index (χ0n) is 11.0. The van der Waals surface area contributed by atoms with Gasteiger partial charge in [-0.15, -0.1) is 0 Å². The number of hydrogen-bond acceptors (Lipinski definition) is 2. The van der Waals surface area contributed by atoms with Crippen molar-refractivity contribution in [1.82, 2.24) is 0 Å². The average Bonchev–Trinajstić information content (AvgIpc) is 2.34. The van der Waals surface area contributed by atoms with Crippen molar-refractivity contribution >= 4 is 5.78 Å². The van der Waals surface area contributed by atoms with E-state index in [4.69, 9.17) is 4.74 Å². The topological polar surface area (TPSA) is 26.3 Å². The van der Waals surface area contributed by atoms with Crippen molar-refractivity contribution in [3.8, 4) is 5.75 Å². The fourth-order valence-corrected chi connectivity index (χ4v) is 1.65. The van der Waals surface area contributed by atoms with E-state index in [1.54, 1.807) is 0 Å². The maximum Gasteiger partial charge on any atom is 0.162 e. The van der Waals surface area contributed by atoms with E-state index >= 15 is 0 Å². The lowest BCUT2D eigenvalue weighted by molar-refractivity contribution is 0.0987. The summed E-state index contributed by atoms with van der Waals surface area (Å²) in [5.41, 5.74) is 0.744. The minimum absolute atomic E-state index is 0.164. The maximum atomic E-state index is 11.5. The fraction of sp³-hybridized carbons (Fsp3) is 0.533. The summed E-state index contributed by atoms with van der Waals surface area (Å²) in [6.07, 6.45) is 2.77. The van der Waals surface area contributed by atoms with E-state index in [-0.39, 0.29) is 5.78 Å². The number of carbonyl (C=O) groups excluding carboxylic acids is 1. The van der Waals surface area contributed by atoms with Crippen molar-refractivity contribution in [2.75, 3.05) is 6.61 Å². The molecule has 0 saturated heterocycles. The van der Waals surface area contributed by atoms with Crippen molar-refractivity contribution in [1.29, 1.82) is 0 Å². The van der Waals surface area contributed by atoms with Gasteiger partial charge in [-0.3, -0.25) is 4.79 Å². The molecule has 1 aromatic carbocycles. The highest BCUT2D eigenvalue weighted by molar-refractivity contribution is 5.96. The van der Waals surface area contributed by atoms with Crippen molar-refractivity contribution in [2.24, 2.45) is 5.92 Å². The molecule has 0 fully saturated rings. The van der Waals surface area contributed by atoms with Crippen LogP contribution in [0.3, 0.4) is 0 Å². The molecule has 0 N–H and O–H groups in total. The predicted octanol–water partition coefficient (Wildman–Crippen LogP) is 4.09. The lowest BCUT2D eigenvalue weighted by Crippen LogP contribution is -2.01. The Bertz CT molecular complexity index is 356. The van der Waals surface area contributed by atoms with Gasteiger partial charge in [0.15, 0.2) is 5.78 Å². The van der Waals surface area contributed by atoms with Crippen LogP contribution >= 0.6 is 0 Å². The van der Waals surface area contributed by atoms with Crippen LogP contribution in [-0.2, 0) is 0 Å². The van der Waals surface area contributed by atoms with E-state index in [9.17, 15) is 4.79 Å². The number of ketones is 1. The molecular weight excluding hydrogens is 212 g/mol. The van der Waals surface area contributed by atoms with Crippen molar-refractivity contribution in [3.63, 3.8) is 0 Å². The van der Waals surface area contributed by atoms with Crippen LogP contribution in [0.5, 0.6) is 5.75 Å². The van der Waals surface area contributed by atoms with Crippen molar-refractivity contribution < 1.29 is 9.53 Å². The second-order valence-electron chi connectivity index (χ2n) is 4.69. The Balaban J connectivity index is 2.46. The van der Waals surface area contributed by atoms with Crippen LogP contribution < -0.4 is 4.74 Å². The lowest BCUT2D eigenvalue weighted by Gasteiger charge is -2.08. The Morgan fingerprint density at radius 1 is 1.35 bits per heavy atom. The number of hydrogen-bond donors (Lipinski definition) is 0. The molecule has 0 unspecified atom stereocenters. The molecule has 0 bridgehead atoms. The summed E-state index contributed by atoms with van der Waals surface area (Å²) in [6.45, 7) is 7.02. The summed E-state index contributed by atoms with van der Waals surface area (Å²) in [5, 5.41) is 0. The largest absolute Gasteiger partial charge is 0.494 e. The van der Waals surface area contributed by atoms with Crippen LogP contribution in [0.1, 0.15) is 50.4 Å². The molecule has 0 heterocycles. The van der Waals surface area contributed by atoms with Crippen molar-refractivity contribution in [3.05, 3.63) is 29.8 Å². The number of Topliss-reactive ketones (excluding diaryl/α,β-unsaturated/α-hetero) is 1. The molecule has 1 aromatic rings. The molecule has 0 amide bonds. The quantitative estimate of drug-likeness (QED) is 0.524. The van der Waals surface area contributed by atoms with Gasteiger partial charge in [0.25, 0.3) is 0 Å². The molecule has 0 spiro atoms. The van der Waals surface area contributed by atoms with Gasteiger partial charge in [-0.05, 0) is 30.9 Å². The monoisotopic (exact) mass is 234 g/mol. The summed E-state index contributed by atoms with van der Waals surface area (Å²) in [7, 11) is 0. The number of ether oxygens (including phenoxy) is 1. The second kappa shape index (κ2) is 7.10. The lowest BCUT2D eigenvalue weighted by atomic mass is 10.1. The molecular formula is C15H22O2. The normalized spacial score (nSPS) is 10.6. The van der Waals surface area contributed by atoms with Gasteiger partial charge in [0.2, 0.25) is 0 Å². The molecule has 0 radical (unpaired) electrons. The van der Waals surface area contributed by atoms with Gasteiger partial charge in [0, 0.05) is 12.0 Å². The zero-order chi connectivity index (χ0) is 12.7. The van der Waals surface area contributed by atoms with Gasteiger partial charge in [-0.1, -0.05) is 32.9 Å². The third-order valence-corrected chi connectivity index (χ3v) is 2.67. The van der Waals surface area contributed by atoms with E-state index in [0.29, 0.717) is 12.3 Å². The Labute approximate surface area is 104 Å². The Morgan fingerprint density at radius 3 is 2.76 bits per heavy atom. The molecule has 2 nitrogen and oxygen atoms in total. The van der Waals surface area contributed by atoms with E-state index in [0.717, 1.165) is 24.3 Å². The number of carbonyl (C=O) groups is 1. The van der Waals surface area contributed by atoms with Gasteiger partial charge in [0.1, 0.15) is 5.75 Å². The SMILES string of the molecule is CCC(=O)c1cccc(OCCCC(C)C)c1. The molecule has 0 aliphatic rings. The maximum absolute atomic E-state index is 11.5. The van der Waals surface area contributed by atoms with Crippen LogP contribution in [0.2, 0.25) is 0 Å². The van der Waals surface area contributed by atoms with Crippen LogP contribution in [0, 0.1) is 5.92 Å². The van der Waals surface area contributed by atoms with Gasteiger partial charge in [-0.25, -0.2) is 0 Å². The third-order valence-electron chi connectivity index (χ3n) is 2.67. The smallest absolute Gasteiger partial charge is 0.162 e. The van der Waals surface area contributed by atoms with Gasteiger partial charge in [-0.2, -0.15) is 0 Å². The highest BCUT2D eigenvalue weighted by Gasteiger charge is 2.04. The summed E-state index contributed by atoms with van der Waals surface area (Å²) in [4.78, 5) is 11.5. The minimum Gasteiger partial charge on any atom is -0.494 e. The molecule has 0 atom stereocenters. The molecule has 0 aromatic heterocycles. The Morgan fingerprint density at radius 2 is 2.12 bits per heavy atom. The first-order valence-corrected chi connectivity index (χ1v) is 6.39. The van der Waals surface area contributed by atoms with E-state index < -0.39 is 0 Å². The minimum atomic E-state index is 0.164. The third kappa shape index (κ3) is 5.03. The summed E-state index contributed by atoms with van der Waals surface area (Å²) in [6, 6.07) is 7.45. The number of benzene rings is 1. The van der Waals surface area contributed by atoms with Gasteiger partial charge < -0.3 is 4.74 Å². The molecule has 1 rings (SSSR count). The molecule has 0 saturated carbocycles. The highest BCUT2D eigenvalue weighted by Crippen LogP contribution is 2.15. The van der Waals surface area contributed by atoms with Crippen LogP contribution in [0.4, 0.5) is 0 Å². The molecule has 17 heavy (non-hydrogen) atoms. The average molecular weight is 234 g/mol. The first kappa shape index (κ1) is 13.8.